The molecule has 1 amide bonds. The van der Waals surface area contributed by atoms with E-state index in [4.69, 9.17) is 5.73 Å². The number of nitrogens with zero attached hydrogens (tertiary/aromatic N) is 1. The van der Waals surface area contributed by atoms with Crippen molar-refractivity contribution in [2.75, 3.05) is 5.73 Å². The first kappa shape index (κ1) is 14.5. The van der Waals surface area contributed by atoms with Crippen molar-refractivity contribution >= 4 is 23.9 Å². The SMILES string of the molecule is CC(/C=N\NC(=O)c1ccc(N)cc1)=C/c1ccccc1. The van der Waals surface area contributed by atoms with Gasteiger partial charge in [0.1, 0.15) is 0 Å². The van der Waals surface area contributed by atoms with Crippen LogP contribution in [0.25, 0.3) is 6.08 Å². The lowest BCUT2D eigenvalue weighted by Crippen LogP contribution is -2.17. The Balaban J connectivity index is 1.94. The summed E-state index contributed by atoms with van der Waals surface area (Å²) in [6, 6.07) is 16.6. The minimum absolute atomic E-state index is 0.265. The number of hydrogen-bond acceptors (Lipinski definition) is 3. The summed E-state index contributed by atoms with van der Waals surface area (Å²) >= 11 is 0. The monoisotopic (exact) mass is 279 g/mol. The van der Waals surface area contributed by atoms with E-state index in [2.05, 4.69) is 10.5 Å². The fraction of sp³-hybridized carbons (Fsp3) is 0.0588. The Labute approximate surface area is 124 Å². The summed E-state index contributed by atoms with van der Waals surface area (Å²) in [4.78, 5) is 11.8. The van der Waals surface area contributed by atoms with E-state index in [0.717, 1.165) is 11.1 Å². The van der Waals surface area contributed by atoms with Gasteiger partial charge in [-0.05, 0) is 42.3 Å². The van der Waals surface area contributed by atoms with E-state index in [1.165, 1.54) is 0 Å². The fourth-order valence-electron chi connectivity index (χ4n) is 1.74. The van der Waals surface area contributed by atoms with Crippen molar-refractivity contribution in [1.82, 2.24) is 5.43 Å². The maximum atomic E-state index is 11.8. The molecule has 0 aliphatic rings. The first-order valence-corrected chi connectivity index (χ1v) is 6.57. The van der Waals surface area contributed by atoms with Gasteiger partial charge in [0.2, 0.25) is 0 Å². The molecular weight excluding hydrogens is 262 g/mol. The molecule has 0 saturated carbocycles. The lowest BCUT2D eigenvalue weighted by Gasteiger charge is -2.00. The molecule has 0 heterocycles. The summed E-state index contributed by atoms with van der Waals surface area (Å²) in [6.07, 6.45) is 3.60. The Hall–Kier alpha value is -2.88. The number of nitrogen functional groups attached to an aromatic ring is 1. The van der Waals surface area contributed by atoms with E-state index in [1.54, 1.807) is 30.5 Å². The molecule has 0 atom stereocenters. The van der Waals surface area contributed by atoms with E-state index < -0.39 is 0 Å². The van der Waals surface area contributed by atoms with E-state index in [0.29, 0.717) is 11.3 Å². The molecule has 0 spiro atoms. The van der Waals surface area contributed by atoms with Gasteiger partial charge in [-0.1, -0.05) is 36.4 Å². The van der Waals surface area contributed by atoms with Crippen LogP contribution in [-0.2, 0) is 0 Å². The molecule has 21 heavy (non-hydrogen) atoms. The van der Waals surface area contributed by atoms with Gasteiger partial charge in [0.15, 0.2) is 0 Å². The lowest BCUT2D eigenvalue weighted by atomic mass is 10.1. The zero-order valence-electron chi connectivity index (χ0n) is 11.8. The molecule has 0 bridgehead atoms. The van der Waals surface area contributed by atoms with E-state index >= 15 is 0 Å². The highest BCUT2D eigenvalue weighted by atomic mass is 16.2. The Morgan fingerprint density at radius 3 is 2.43 bits per heavy atom. The Morgan fingerprint density at radius 1 is 1.10 bits per heavy atom. The van der Waals surface area contributed by atoms with Crippen LogP contribution in [0.15, 0.2) is 65.3 Å². The van der Waals surface area contributed by atoms with Gasteiger partial charge < -0.3 is 5.73 Å². The molecule has 2 rings (SSSR count). The third-order valence-electron chi connectivity index (χ3n) is 2.80. The van der Waals surface area contributed by atoms with Crippen LogP contribution in [0.2, 0.25) is 0 Å². The van der Waals surface area contributed by atoms with Gasteiger partial charge in [-0.25, -0.2) is 5.43 Å². The molecule has 2 aromatic rings. The van der Waals surface area contributed by atoms with E-state index in [1.807, 2.05) is 43.3 Å². The second-order valence-electron chi connectivity index (χ2n) is 4.62. The Morgan fingerprint density at radius 2 is 1.76 bits per heavy atom. The van der Waals surface area contributed by atoms with Crippen molar-refractivity contribution in [3.8, 4) is 0 Å². The Kier molecular flexibility index (Phi) is 4.88. The van der Waals surface area contributed by atoms with Crippen molar-refractivity contribution in [2.45, 2.75) is 6.92 Å². The fourth-order valence-corrected chi connectivity index (χ4v) is 1.74. The highest BCUT2D eigenvalue weighted by Crippen LogP contribution is 2.06. The predicted octanol–water partition coefficient (Wildman–Crippen LogP) is 3.09. The van der Waals surface area contributed by atoms with Crippen LogP contribution in [0, 0.1) is 0 Å². The third-order valence-corrected chi connectivity index (χ3v) is 2.80. The van der Waals surface area contributed by atoms with Gasteiger partial charge in [-0.3, -0.25) is 4.79 Å². The van der Waals surface area contributed by atoms with Crippen LogP contribution in [0.5, 0.6) is 0 Å². The second kappa shape index (κ2) is 7.05. The number of carbonyl (C=O) groups is 1. The number of amides is 1. The van der Waals surface area contributed by atoms with E-state index in [9.17, 15) is 4.79 Å². The highest BCUT2D eigenvalue weighted by Gasteiger charge is 2.02. The van der Waals surface area contributed by atoms with Crippen LogP contribution >= 0.6 is 0 Å². The minimum atomic E-state index is -0.265. The maximum absolute atomic E-state index is 11.8. The number of hydrogen-bond donors (Lipinski definition) is 2. The summed E-state index contributed by atoms with van der Waals surface area (Å²) in [7, 11) is 0. The first-order chi connectivity index (χ1) is 10.1. The smallest absolute Gasteiger partial charge is 0.271 e. The van der Waals surface area contributed by atoms with Crippen molar-refractivity contribution in [2.24, 2.45) is 5.10 Å². The number of rotatable bonds is 4. The van der Waals surface area contributed by atoms with Gasteiger partial charge in [0, 0.05) is 11.3 Å². The van der Waals surface area contributed by atoms with Crippen LogP contribution in [-0.4, -0.2) is 12.1 Å². The maximum Gasteiger partial charge on any atom is 0.271 e. The number of allylic oxidation sites excluding steroid dienone is 1. The van der Waals surface area contributed by atoms with Crippen molar-refractivity contribution in [1.29, 1.82) is 0 Å². The zero-order valence-corrected chi connectivity index (χ0v) is 11.8. The summed E-state index contributed by atoms with van der Waals surface area (Å²) in [5.41, 5.74) is 11.2. The average Bonchev–Trinajstić information content (AvgIpc) is 2.49. The normalized spacial score (nSPS) is 11.6. The van der Waals surface area contributed by atoms with Crippen LogP contribution < -0.4 is 11.2 Å². The number of carbonyl (C=O) groups excluding carboxylic acids is 1. The van der Waals surface area contributed by atoms with Gasteiger partial charge in [0.25, 0.3) is 5.91 Å². The van der Waals surface area contributed by atoms with Gasteiger partial charge in [0.05, 0.1) is 6.21 Å². The average molecular weight is 279 g/mol. The van der Waals surface area contributed by atoms with Crippen LogP contribution in [0.1, 0.15) is 22.8 Å². The summed E-state index contributed by atoms with van der Waals surface area (Å²) in [6.45, 7) is 1.92. The largest absolute Gasteiger partial charge is 0.399 e. The summed E-state index contributed by atoms with van der Waals surface area (Å²) < 4.78 is 0. The molecule has 2 aromatic carbocycles. The van der Waals surface area contributed by atoms with Crippen molar-refractivity contribution in [3.63, 3.8) is 0 Å². The van der Waals surface area contributed by atoms with Gasteiger partial charge in [-0.15, -0.1) is 0 Å². The van der Waals surface area contributed by atoms with Crippen LogP contribution in [0.4, 0.5) is 5.69 Å². The highest BCUT2D eigenvalue weighted by molar-refractivity contribution is 5.95. The van der Waals surface area contributed by atoms with Gasteiger partial charge in [-0.2, -0.15) is 5.10 Å². The number of hydrazone groups is 1. The molecule has 3 N–H and O–H groups in total. The van der Waals surface area contributed by atoms with Crippen molar-refractivity contribution < 1.29 is 4.79 Å². The molecule has 4 heteroatoms. The molecule has 0 aromatic heterocycles. The number of benzene rings is 2. The number of nitrogens with two attached hydrogens (primary N) is 1. The van der Waals surface area contributed by atoms with Crippen LogP contribution in [0.3, 0.4) is 0 Å². The minimum Gasteiger partial charge on any atom is -0.399 e. The summed E-state index contributed by atoms with van der Waals surface area (Å²) in [5, 5.41) is 3.94. The first-order valence-electron chi connectivity index (χ1n) is 6.57. The van der Waals surface area contributed by atoms with E-state index in [-0.39, 0.29) is 5.91 Å². The van der Waals surface area contributed by atoms with Gasteiger partial charge >= 0.3 is 0 Å². The molecule has 0 radical (unpaired) electrons. The van der Waals surface area contributed by atoms with Crippen molar-refractivity contribution in [3.05, 3.63) is 71.3 Å². The topological polar surface area (TPSA) is 67.5 Å². The number of nitrogens with one attached hydrogen (secondary N) is 1. The number of anilines is 1. The lowest BCUT2D eigenvalue weighted by molar-refractivity contribution is 0.0955. The molecule has 0 aliphatic heterocycles. The molecule has 0 fully saturated rings. The molecule has 4 nitrogen and oxygen atoms in total. The summed E-state index contributed by atoms with van der Waals surface area (Å²) in [5.74, 6) is -0.265. The quantitative estimate of drug-likeness (QED) is 0.513. The third kappa shape index (κ3) is 4.62. The zero-order chi connectivity index (χ0) is 15.1. The standard InChI is InChI=1S/C17H17N3O/c1-13(11-14-5-3-2-4-6-14)12-19-20-17(21)15-7-9-16(18)10-8-15/h2-12H,18H2,1H3,(H,20,21)/b13-11-,19-12-. The molecule has 0 saturated heterocycles. The second-order valence-corrected chi connectivity index (χ2v) is 4.62. The predicted molar refractivity (Wildman–Crippen MR) is 86.9 cm³/mol. The molecule has 0 aliphatic carbocycles. The Bertz CT molecular complexity index is 658. The molecule has 0 unspecified atom stereocenters. The molecule has 106 valence electrons. The molecular formula is C17H17N3O.